The van der Waals surface area contributed by atoms with E-state index in [1.54, 1.807) is 14.2 Å². The van der Waals surface area contributed by atoms with Gasteiger partial charge in [-0.3, -0.25) is 0 Å². The standard InChI is InChI=1S/C112H154O14/c1-11-13-15-17-19-21-23-25-27-47-62-103(119-75-99(113)77-125-111-107(87(5)93-54-39-31-40-55-93)70-97(85(3)91-50-35-29-36-51-91)71-108(111)88(6)94-56-41-32-42-57-94)81-123-105(79-117-68-66-115-9)83-121-101-64-49-65-102(74-101)122-84-106(80-118-69-67-116-10)124-82-104(63-48-28-26-24-22-20-18-16-14-12-2)120-76-100(114)78-126-112-109(89(7)95-58-43-33-44-59-95)72-98(86(4)92-52-37-30-38-53-92)73-110(112)90(8)96-60-45-34-46-61-96/h29-46,49-61,64-65,70-74,85-90,99-100,103-106,113-114H,11-28,47-48,62-63,66-69,75-84H2,1-10H3. The monoisotopic (exact) mass is 1720 g/mol. The van der Waals surface area contributed by atoms with Crippen LogP contribution in [0.2, 0.25) is 0 Å². The van der Waals surface area contributed by atoms with Gasteiger partial charge in [-0.2, -0.15) is 0 Å². The molecule has 686 valence electrons. The molecule has 126 heavy (non-hydrogen) atoms. The normalized spacial score (nSPS) is 14.6. The molecule has 0 aliphatic heterocycles. The Morgan fingerprint density at radius 3 is 0.794 bits per heavy atom. The lowest BCUT2D eigenvalue weighted by atomic mass is 9.81. The van der Waals surface area contributed by atoms with Crippen molar-refractivity contribution in [1.29, 1.82) is 0 Å². The topological polar surface area (TPSA) is 151 Å². The number of hydrogen-bond acceptors (Lipinski definition) is 14. The molecule has 0 amide bonds. The molecule has 0 heterocycles. The van der Waals surface area contributed by atoms with Crippen molar-refractivity contribution < 1.29 is 67.1 Å². The number of hydrogen-bond donors (Lipinski definition) is 2. The Labute approximate surface area is 758 Å². The van der Waals surface area contributed by atoms with E-state index >= 15 is 0 Å². The zero-order valence-electron chi connectivity index (χ0n) is 78.1. The van der Waals surface area contributed by atoms with Gasteiger partial charge in [0.2, 0.25) is 0 Å². The molecule has 0 bridgehead atoms. The first kappa shape index (κ1) is 102. The van der Waals surface area contributed by atoms with Crippen LogP contribution in [0.1, 0.15) is 299 Å². The van der Waals surface area contributed by atoms with Crippen LogP contribution in [0.3, 0.4) is 0 Å². The van der Waals surface area contributed by atoms with E-state index in [1.807, 2.05) is 24.3 Å². The average Bonchev–Trinajstić information content (AvgIpc) is 0.778. The van der Waals surface area contributed by atoms with Gasteiger partial charge in [-0.25, -0.2) is 0 Å². The summed E-state index contributed by atoms with van der Waals surface area (Å²) >= 11 is 0. The van der Waals surface area contributed by atoms with E-state index < -0.39 is 24.4 Å². The molecule has 9 aromatic carbocycles. The molecule has 14 nitrogen and oxygen atoms in total. The number of unbranched alkanes of at least 4 members (excludes halogenated alkanes) is 18. The predicted molar refractivity (Wildman–Crippen MR) is 514 cm³/mol. The van der Waals surface area contributed by atoms with Crippen molar-refractivity contribution in [3.05, 3.63) is 297 Å². The summed E-state index contributed by atoms with van der Waals surface area (Å²) in [5.41, 5.74) is 14.0. The molecule has 9 rings (SSSR count). The minimum atomic E-state index is -0.944. The molecule has 9 aromatic rings. The van der Waals surface area contributed by atoms with Gasteiger partial charge in [-0.15, -0.1) is 0 Å². The van der Waals surface area contributed by atoms with E-state index in [4.69, 9.17) is 56.8 Å². The van der Waals surface area contributed by atoms with Gasteiger partial charge in [-0.1, -0.05) is 396 Å². The molecular formula is C112H154O14. The quantitative estimate of drug-likeness (QED) is 0.0348. The first-order chi connectivity index (χ1) is 61.7. The minimum Gasteiger partial charge on any atom is -0.491 e. The van der Waals surface area contributed by atoms with Crippen molar-refractivity contribution >= 4 is 0 Å². The van der Waals surface area contributed by atoms with Crippen molar-refractivity contribution in [2.45, 2.75) is 269 Å². The smallest absolute Gasteiger partial charge is 0.127 e. The van der Waals surface area contributed by atoms with Crippen LogP contribution in [0.15, 0.2) is 231 Å². The number of aliphatic hydroxyl groups is 2. The van der Waals surface area contributed by atoms with Crippen LogP contribution in [-0.2, 0) is 37.9 Å². The molecule has 12 unspecified atom stereocenters. The van der Waals surface area contributed by atoms with Crippen molar-refractivity contribution in [2.75, 3.05) is 107 Å². The maximum Gasteiger partial charge on any atom is 0.127 e. The lowest BCUT2D eigenvalue weighted by Crippen LogP contribution is -2.34. The average molecular weight is 1720 g/mol. The van der Waals surface area contributed by atoms with Crippen molar-refractivity contribution in [1.82, 2.24) is 0 Å². The number of methoxy groups -OCH3 is 2. The second-order valence-electron chi connectivity index (χ2n) is 34.8. The SMILES string of the molecule is CCCCCCCCCCCCC(COC(COCCOC)COc1cccc(OCC(COCCOC)OCC(CCCCCCCCCCCC)OCC(O)COc2c(C(C)c3ccccc3)cc(C(C)c3ccccc3)cc2C(C)c2ccccc2)c1)OCC(O)COc1c(C(C)c2ccccc2)cc(C(C)c2ccccc2)cc1C(C)c1ccccc1. The molecule has 2 N–H and O–H groups in total. The molecule has 0 aliphatic rings. The second kappa shape index (κ2) is 59.8. The third-order valence-electron chi connectivity index (χ3n) is 24.8. The van der Waals surface area contributed by atoms with E-state index in [2.05, 4.69) is 262 Å². The number of rotatable bonds is 68. The van der Waals surface area contributed by atoms with Crippen LogP contribution in [0.4, 0.5) is 0 Å². The fourth-order valence-electron chi connectivity index (χ4n) is 16.7. The molecule has 0 aliphatic carbocycles. The molecule has 0 radical (unpaired) electrons. The summed E-state index contributed by atoms with van der Waals surface area (Å²) < 4.78 is 77.7. The van der Waals surface area contributed by atoms with E-state index in [0.29, 0.717) is 37.9 Å². The summed E-state index contributed by atoms with van der Waals surface area (Å²) in [5, 5.41) is 24.3. The maximum atomic E-state index is 12.1. The zero-order chi connectivity index (χ0) is 89.0. The van der Waals surface area contributed by atoms with Gasteiger partial charge < -0.3 is 67.1 Å². The lowest BCUT2D eigenvalue weighted by molar-refractivity contribution is -0.0991. The zero-order valence-corrected chi connectivity index (χ0v) is 78.1. The van der Waals surface area contributed by atoms with Crippen LogP contribution < -0.4 is 18.9 Å². The van der Waals surface area contributed by atoms with Crippen molar-refractivity contribution in [2.24, 2.45) is 0 Å². The van der Waals surface area contributed by atoms with E-state index in [1.165, 1.54) is 134 Å². The molecule has 0 spiro atoms. The van der Waals surface area contributed by atoms with Crippen LogP contribution in [0.25, 0.3) is 0 Å². The molecule has 0 saturated heterocycles. The summed E-state index contributed by atoms with van der Waals surface area (Å²) in [6, 6.07) is 80.9. The highest BCUT2D eigenvalue weighted by Gasteiger charge is 2.30. The highest BCUT2D eigenvalue weighted by molar-refractivity contribution is 5.56. The third-order valence-corrected chi connectivity index (χ3v) is 24.8. The fourth-order valence-corrected chi connectivity index (χ4v) is 16.7. The van der Waals surface area contributed by atoms with Crippen LogP contribution in [0, 0.1) is 0 Å². The van der Waals surface area contributed by atoms with Gasteiger partial charge >= 0.3 is 0 Å². The number of ether oxygens (including phenoxy) is 12. The molecule has 0 saturated carbocycles. The van der Waals surface area contributed by atoms with Gasteiger partial charge in [0.15, 0.2) is 0 Å². The maximum absolute atomic E-state index is 12.1. The number of benzene rings is 9. The van der Waals surface area contributed by atoms with Gasteiger partial charge in [0.25, 0.3) is 0 Å². The Bertz CT molecular complexity index is 3870. The Hall–Kier alpha value is -8.22. The summed E-state index contributed by atoms with van der Waals surface area (Å²) in [6.07, 6.45) is 22.3. The molecule has 12 atom stereocenters. The molecule has 0 fully saturated rings. The second-order valence-corrected chi connectivity index (χ2v) is 34.8. The Balaban J connectivity index is 0.873. The predicted octanol–water partition coefficient (Wildman–Crippen LogP) is 25.7. The first-order valence-electron chi connectivity index (χ1n) is 48.0. The Morgan fingerprint density at radius 2 is 0.508 bits per heavy atom. The Kier molecular flexibility index (Phi) is 48.2. The van der Waals surface area contributed by atoms with Gasteiger partial charge in [0.05, 0.1) is 78.3 Å². The van der Waals surface area contributed by atoms with Gasteiger partial charge in [0.1, 0.15) is 73.8 Å². The third kappa shape index (κ3) is 36.0. The van der Waals surface area contributed by atoms with Crippen molar-refractivity contribution in [3.8, 4) is 23.0 Å². The lowest BCUT2D eigenvalue weighted by Gasteiger charge is -2.28. The first-order valence-corrected chi connectivity index (χ1v) is 48.0. The Morgan fingerprint density at radius 1 is 0.238 bits per heavy atom. The fraction of sp³-hybridized carbons (Fsp3) is 0.518. The van der Waals surface area contributed by atoms with E-state index in [9.17, 15) is 10.2 Å². The summed E-state index contributed by atoms with van der Waals surface area (Å²) in [7, 11) is 3.33. The molecule has 0 aromatic heterocycles. The largest absolute Gasteiger partial charge is 0.491 e. The summed E-state index contributed by atoms with van der Waals surface area (Å²) in [5.74, 6) is 2.99. The van der Waals surface area contributed by atoms with Crippen LogP contribution in [0.5, 0.6) is 23.0 Å². The molecule has 14 heteroatoms. The van der Waals surface area contributed by atoms with Gasteiger partial charge in [0, 0.05) is 78.0 Å². The van der Waals surface area contributed by atoms with E-state index in [-0.39, 0.29) is 114 Å². The van der Waals surface area contributed by atoms with E-state index in [0.717, 1.165) is 85.1 Å². The number of aliphatic hydroxyl groups excluding tert-OH is 2. The highest BCUT2D eigenvalue weighted by Crippen LogP contribution is 2.46. The summed E-state index contributed by atoms with van der Waals surface area (Å²) in [4.78, 5) is 0. The highest BCUT2D eigenvalue weighted by atomic mass is 16.6. The summed E-state index contributed by atoms with van der Waals surface area (Å²) in [6.45, 7) is 21.3. The van der Waals surface area contributed by atoms with Crippen molar-refractivity contribution in [3.63, 3.8) is 0 Å². The minimum absolute atomic E-state index is 0.0107. The van der Waals surface area contributed by atoms with Crippen LogP contribution >= 0.6 is 0 Å². The van der Waals surface area contributed by atoms with Gasteiger partial charge in [-0.05, 0) is 69.5 Å². The van der Waals surface area contributed by atoms with Crippen LogP contribution in [-0.4, -0.2) is 154 Å². The molecular weight excluding hydrogens is 1570 g/mol.